The maximum atomic E-state index is 12.8. The largest absolute Gasteiger partial charge is 0.330 e. The van der Waals surface area contributed by atoms with E-state index >= 15 is 0 Å². The Kier molecular flexibility index (Phi) is 5.16. The minimum absolute atomic E-state index is 0.0772. The van der Waals surface area contributed by atoms with Gasteiger partial charge in [-0.05, 0) is 52.4 Å². The normalized spacial score (nSPS) is 13.0. The number of nitrogens with one attached hydrogen (secondary N) is 1. The molecule has 0 saturated heterocycles. The Labute approximate surface area is 178 Å². The number of aromatic nitrogens is 1. The highest BCUT2D eigenvalue weighted by Gasteiger charge is 2.30. The van der Waals surface area contributed by atoms with Gasteiger partial charge >= 0.3 is 0 Å². The Morgan fingerprint density at radius 1 is 1.30 bits per heavy atom. The second kappa shape index (κ2) is 7.57. The summed E-state index contributed by atoms with van der Waals surface area (Å²) in [6.07, 6.45) is 3.14. The molecule has 0 fully saturated rings. The van der Waals surface area contributed by atoms with E-state index in [2.05, 4.69) is 39.0 Å². The Morgan fingerprint density at radius 2 is 2.15 bits per heavy atom. The fraction of sp³-hybridized carbons (Fsp3) is 0.105. The van der Waals surface area contributed by atoms with Gasteiger partial charge in [0.2, 0.25) is 0 Å². The number of rotatable bonds is 4. The first-order valence-corrected chi connectivity index (χ1v) is 10.4. The highest BCUT2D eigenvalue weighted by molar-refractivity contribution is 14.1. The molecule has 0 spiro atoms. The number of pyridine rings is 1. The SMILES string of the molecule is O=C(Nc1cncc2c1CN(Cc1cccc(I)c1)C2=O)c1ccc(Cl)s1. The third-order valence-corrected chi connectivity index (χ3v) is 6.13. The fourth-order valence-corrected chi connectivity index (χ4v) is 4.53. The molecule has 3 aromatic rings. The van der Waals surface area contributed by atoms with Crippen LogP contribution < -0.4 is 5.32 Å². The van der Waals surface area contributed by atoms with Crippen LogP contribution in [0.25, 0.3) is 0 Å². The molecule has 0 aliphatic carbocycles. The molecule has 1 aromatic carbocycles. The average Bonchev–Trinajstić information content (AvgIpc) is 3.20. The number of amides is 2. The summed E-state index contributed by atoms with van der Waals surface area (Å²) in [5.41, 5.74) is 2.94. The van der Waals surface area contributed by atoms with Crippen molar-refractivity contribution in [2.45, 2.75) is 13.1 Å². The zero-order chi connectivity index (χ0) is 19.0. The quantitative estimate of drug-likeness (QED) is 0.514. The summed E-state index contributed by atoms with van der Waals surface area (Å²) in [7, 11) is 0. The number of benzene rings is 1. The van der Waals surface area contributed by atoms with Crippen molar-refractivity contribution >= 4 is 63.0 Å². The highest BCUT2D eigenvalue weighted by atomic mass is 127. The second-order valence-electron chi connectivity index (χ2n) is 6.06. The Morgan fingerprint density at radius 3 is 2.89 bits per heavy atom. The number of thiophene rings is 1. The van der Waals surface area contributed by atoms with Crippen molar-refractivity contribution in [3.63, 3.8) is 0 Å². The standard InChI is InChI=1S/C19H13ClIN3O2S/c20-17-5-4-16(27-17)18(25)23-15-8-22-7-13-14(15)10-24(19(13)26)9-11-2-1-3-12(21)6-11/h1-8H,9-10H2,(H,23,25). The molecule has 27 heavy (non-hydrogen) atoms. The van der Waals surface area contributed by atoms with E-state index in [0.29, 0.717) is 33.6 Å². The van der Waals surface area contributed by atoms with Crippen LogP contribution in [0.15, 0.2) is 48.8 Å². The van der Waals surface area contributed by atoms with Crippen molar-refractivity contribution in [1.29, 1.82) is 0 Å². The van der Waals surface area contributed by atoms with Crippen molar-refractivity contribution in [3.8, 4) is 0 Å². The average molecular weight is 510 g/mol. The molecule has 3 heterocycles. The molecule has 0 atom stereocenters. The van der Waals surface area contributed by atoms with E-state index in [-0.39, 0.29) is 11.8 Å². The number of hydrogen-bond donors (Lipinski definition) is 1. The lowest BCUT2D eigenvalue weighted by Crippen LogP contribution is -2.23. The molecule has 5 nitrogen and oxygen atoms in total. The van der Waals surface area contributed by atoms with Gasteiger partial charge in [0, 0.05) is 28.4 Å². The minimum Gasteiger partial charge on any atom is -0.330 e. The summed E-state index contributed by atoms with van der Waals surface area (Å²) in [5, 5.41) is 2.86. The Hall–Kier alpha value is -1.97. The molecule has 2 aromatic heterocycles. The molecule has 8 heteroatoms. The predicted octanol–water partition coefficient (Wildman–Crippen LogP) is 4.81. The summed E-state index contributed by atoms with van der Waals surface area (Å²) in [6, 6.07) is 11.4. The molecular formula is C19H13ClIN3O2S. The van der Waals surface area contributed by atoms with E-state index in [0.717, 1.165) is 14.7 Å². The van der Waals surface area contributed by atoms with E-state index in [1.165, 1.54) is 11.3 Å². The first-order valence-electron chi connectivity index (χ1n) is 8.08. The highest BCUT2D eigenvalue weighted by Crippen LogP contribution is 2.30. The minimum atomic E-state index is -0.259. The first-order chi connectivity index (χ1) is 13.0. The van der Waals surface area contributed by atoms with Crippen LogP contribution in [0.2, 0.25) is 4.34 Å². The van der Waals surface area contributed by atoms with Gasteiger partial charge in [0.05, 0.1) is 26.7 Å². The van der Waals surface area contributed by atoms with Crippen LogP contribution in [0.4, 0.5) is 5.69 Å². The first kappa shape index (κ1) is 18.4. The van der Waals surface area contributed by atoms with Crippen molar-refractivity contribution in [2.24, 2.45) is 0 Å². The lowest BCUT2D eigenvalue weighted by molar-refractivity contribution is 0.0766. The summed E-state index contributed by atoms with van der Waals surface area (Å²) in [4.78, 5) is 31.6. The van der Waals surface area contributed by atoms with E-state index in [4.69, 9.17) is 11.6 Å². The molecule has 1 aliphatic heterocycles. The molecule has 1 aliphatic rings. The van der Waals surface area contributed by atoms with Crippen LogP contribution in [0.3, 0.4) is 0 Å². The zero-order valence-electron chi connectivity index (χ0n) is 13.9. The molecule has 0 radical (unpaired) electrons. The molecule has 4 rings (SSSR count). The lowest BCUT2D eigenvalue weighted by Gasteiger charge is -2.16. The van der Waals surface area contributed by atoms with Crippen LogP contribution in [0, 0.1) is 3.57 Å². The monoisotopic (exact) mass is 509 g/mol. The van der Waals surface area contributed by atoms with E-state index < -0.39 is 0 Å². The van der Waals surface area contributed by atoms with Gasteiger partial charge in [-0.15, -0.1) is 11.3 Å². The molecule has 0 saturated carbocycles. The van der Waals surface area contributed by atoms with Crippen molar-refractivity contribution < 1.29 is 9.59 Å². The third kappa shape index (κ3) is 3.85. The summed E-state index contributed by atoms with van der Waals surface area (Å²) in [5.74, 6) is -0.336. The van der Waals surface area contributed by atoms with Gasteiger partial charge in [-0.25, -0.2) is 0 Å². The number of fused-ring (bicyclic) bond motifs is 1. The van der Waals surface area contributed by atoms with E-state index in [1.54, 1.807) is 29.4 Å². The number of carbonyl (C=O) groups excluding carboxylic acids is 2. The molecule has 2 amide bonds. The fourth-order valence-electron chi connectivity index (χ4n) is 2.99. The van der Waals surface area contributed by atoms with Gasteiger partial charge in [0.15, 0.2) is 0 Å². The van der Waals surface area contributed by atoms with Crippen LogP contribution in [0.5, 0.6) is 0 Å². The maximum Gasteiger partial charge on any atom is 0.265 e. The second-order valence-corrected chi connectivity index (χ2v) is 9.02. The van der Waals surface area contributed by atoms with Crippen molar-refractivity contribution in [1.82, 2.24) is 9.88 Å². The van der Waals surface area contributed by atoms with Crippen molar-refractivity contribution in [2.75, 3.05) is 5.32 Å². The Bertz CT molecular complexity index is 1050. The van der Waals surface area contributed by atoms with Gasteiger partial charge in [0.25, 0.3) is 11.8 Å². The molecule has 136 valence electrons. The van der Waals surface area contributed by atoms with Crippen molar-refractivity contribution in [3.05, 3.63) is 78.3 Å². The van der Waals surface area contributed by atoms with E-state index in [1.807, 2.05) is 18.2 Å². The molecular weight excluding hydrogens is 497 g/mol. The van der Waals surface area contributed by atoms with Gasteiger partial charge in [-0.1, -0.05) is 23.7 Å². The number of nitrogens with zero attached hydrogens (tertiary/aromatic N) is 2. The van der Waals surface area contributed by atoms with Crippen LogP contribution in [0.1, 0.15) is 31.2 Å². The van der Waals surface area contributed by atoms with Gasteiger partial charge in [-0.3, -0.25) is 14.6 Å². The number of carbonyl (C=O) groups is 2. The maximum absolute atomic E-state index is 12.8. The predicted molar refractivity (Wildman–Crippen MR) is 114 cm³/mol. The summed E-state index contributed by atoms with van der Waals surface area (Å²) < 4.78 is 1.67. The summed E-state index contributed by atoms with van der Waals surface area (Å²) in [6.45, 7) is 0.946. The molecule has 0 bridgehead atoms. The van der Waals surface area contributed by atoms with Gasteiger partial charge in [0.1, 0.15) is 0 Å². The van der Waals surface area contributed by atoms with Crippen LogP contribution >= 0.6 is 45.5 Å². The van der Waals surface area contributed by atoms with Crippen LogP contribution in [-0.2, 0) is 13.1 Å². The molecule has 0 unspecified atom stereocenters. The molecule has 1 N–H and O–H groups in total. The van der Waals surface area contributed by atoms with Gasteiger partial charge in [-0.2, -0.15) is 0 Å². The van der Waals surface area contributed by atoms with E-state index in [9.17, 15) is 9.59 Å². The summed E-state index contributed by atoms with van der Waals surface area (Å²) >= 11 is 9.36. The topological polar surface area (TPSA) is 62.3 Å². The lowest BCUT2D eigenvalue weighted by atomic mass is 10.1. The number of anilines is 1. The third-order valence-electron chi connectivity index (χ3n) is 4.23. The number of hydrogen-bond acceptors (Lipinski definition) is 4. The number of halogens is 2. The smallest absolute Gasteiger partial charge is 0.265 e. The zero-order valence-corrected chi connectivity index (χ0v) is 17.6. The van der Waals surface area contributed by atoms with Gasteiger partial charge < -0.3 is 10.2 Å². The van der Waals surface area contributed by atoms with Crippen LogP contribution in [-0.4, -0.2) is 21.7 Å². The Balaban J connectivity index is 1.56.